The molecule has 0 radical (unpaired) electrons. The van der Waals surface area contributed by atoms with E-state index in [0.717, 1.165) is 22.1 Å². The highest BCUT2D eigenvalue weighted by Crippen LogP contribution is 2.25. The molecule has 0 saturated carbocycles. The van der Waals surface area contributed by atoms with E-state index < -0.39 is 17.4 Å². The molecule has 1 atom stereocenters. The first-order valence-electron chi connectivity index (χ1n) is 9.63. The van der Waals surface area contributed by atoms with Crippen LogP contribution in [-0.2, 0) is 4.79 Å². The Morgan fingerprint density at radius 3 is 2.45 bits per heavy atom. The molecule has 2 amide bonds. The van der Waals surface area contributed by atoms with Gasteiger partial charge in [0.2, 0.25) is 5.91 Å². The molecule has 156 valence electrons. The Morgan fingerprint density at radius 2 is 1.68 bits per heavy atom. The number of nitrogens with zero attached hydrogens (tertiary/aromatic N) is 1. The summed E-state index contributed by atoms with van der Waals surface area (Å²) in [6, 6.07) is 18.1. The lowest BCUT2D eigenvalue weighted by Gasteiger charge is -2.14. The Balaban J connectivity index is 1.48. The normalized spacial score (nSPS) is 11.8. The number of hydrazine groups is 1. The van der Waals surface area contributed by atoms with Gasteiger partial charge in [0.25, 0.3) is 11.5 Å². The van der Waals surface area contributed by atoms with Crippen molar-refractivity contribution in [3.05, 3.63) is 82.3 Å². The van der Waals surface area contributed by atoms with Crippen molar-refractivity contribution in [2.75, 3.05) is 7.11 Å². The maximum absolute atomic E-state index is 12.6. The summed E-state index contributed by atoms with van der Waals surface area (Å²) in [7, 11) is 1.61. The highest BCUT2D eigenvalue weighted by Gasteiger charge is 2.19. The highest BCUT2D eigenvalue weighted by atomic mass is 16.5. The van der Waals surface area contributed by atoms with Crippen LogP contribution in [0.25, 0.3) is 21.5 Å². The summed E-state index contributed by atoms with van der Waals surface area (Å²) in [5.41, 5.74) is 5.24. The number of aromatic amines is 1. The number of hydrogen-bond acceptors (Lipinski definition) is 5. The number of rotatable bonds is 4. The van der Waals surface area contributed by atoms with Crippen LogP contribution in [0, 0.1) is 0 Å². The van der Waals surface area contributed by atoms with Crippen LogP contribution in [-0.4, -0.2) is 29.1 Å². The van der Waals surface area contributed by atoms with Crippen LogP contribution >= 0.6 is 0 Å². The lowest BCUT2D eigenvalue weighted by molar-refractivity contribution is -0.123. The molecule has 3 aromatic carbocycles. The first-order valence-corrected chi connectivity index (χ1v) is 9.63. The molecule has 8 heteroatoms. The van der Waals surface area contributed by atoms with Gasteiger partial charge in [-0.05, 0) is 41.5 Å². The lowest BCUT2D eigenvalue weighted by Crippen LogP contribution is -2.44. The van der Waals surface area contributed by atoms with Gasteiger partial charge in [0, 0.05) is 5.39 Å². The summed E-state index contributed by atoms with van der Waals surface area (Å²) < 4.78 is 5.23. The Hall–Kier alpha value is -4.20. The fourth-order valence-corrected chi connectivity index (χ4v) is 3.36. The Labute approximate surface area is 177 Å². The van der Waals surface area contributed by atoms with E-state index in [1.165, 1.54) is 0 Å². The summed E-state index contributed by atoms with van der Waals surface area (Å²) in [4.78, 5) is 37.0. The number of benzene rings is 3. The molecule has 31 heavy (non-hydrogen) atoms. The highest BCUT2D eigenvalue weighted by molar-refractivity contribution is 6.05. The van der Waals surface area contributed by atoms with Gasteiger partial charge in [0.1, 0.15) is 5.75 Å². The van der Waals surface area contributed by atoms with E-state index in [0.29, 0.717) is 10.8 Å². The van der Waals surface area contributed by atoms with Crippen molar-refractivity contribution in [1.82, 2.24) is 21.0 Å². The summed E-state index contributed by atoms with van der Waals surface area (Å²) in [6.45, 7) is 1.75. The molecular formula is C23H20N4O4. The van der Waals surface area contributed by atoms with Gasteiger partial charge in [0.05, 0.1) is 18.4 Å². The number of H-pyrrole nitrogens is 1. The molecule has 8 nitrogen and oxygen atoms in total. The summed E-state index contributed by atoms with van der Waals surface area (Å²) in [5, 5.41) is 8.84. The molecule has 4 rings (SSSR count). The predicted molar refractivity (Wildman–Crippen MR) is 117 cm³/mol. The van der Waals surface area contributed by atoms with Crippen LogP contribution < -0.4 is 21.1 Å². The van der Waals surface area contributed by atoms with Gasteiger partial charge >= 0.3 is 0 Å². The minimum Gasteiger partial charge on any atom is -0.497 e. The molecule has 1 heterocycles. The molecule has 0 bridgehead atoms. The standard InChI is InChI=1S/C23H20N4O4/c1-13(14-7-8-16-12-17(31-2)10-9-15(16)11-14)21(28)25-27-23(30)20-18-5-3-4-6-19(18)22(29)26-24-20/h3-13H,1-2H3,(H,25,28)(H,26,29)(H,27,30)/t13-/m0/s1. The first kappa shape index (κ1) is 20.1. The quantitative estimate of drug-likeness (QED) is 0.443. The summed E-state index contributed by atoms with van der Waals surface area (Å²) in [6.07, 6.45) is 0. The number of methoxy groups -OCH3 is 1. The average Bonchev–Trinajstić information content (AvgIpc) is 2.81. The second-order valence-corrected chi connectivity index (χ2v) is 7.08. The molecule has 0 fully saturated rings. The van der Waals surface area contributed by atoms with E-state index in [9.17, 15) is 14.4 Å². The number of aromatic nitrogens is 2. The first-order chi connectivity index (χ1) is 15.0. The maximum atomic E-state index is 12.6. The zero-order valence-electron chi connectivity index (χ0n) is 16.9. The Bertz CT molecular complexity index is 1360. The minimum absolute atomic E-state index is 0.0165. The van der Waals surface area contributed by atoms with Crippen molar-refractivity contribution in [2.45, 2.75) is 12.8 Å². The monoisotopic (exact) mass is 416 g/mol. The molecule has 1 aromatic heterocycles. The van der Waals surface area contributed by atoms with Crippen LogP contribution in [0.5, 0.6) is 5.75 Å². The van der Waals surface area contributed by atoms with Crippen molar-refractivity contribution < 1.29 is 14.3 Å². The van der Waals surface area contributed by atoms with Crippen LogP contribution in [0.1, 0.15) is 28.9 Å². The number of carbonyl (C=O) groups is 2. The third-order valence-electron chi connectivity index (χ3n) is 5.18. The van der Waals surface area contributed by atoms with E-state index in [-0.39, 0.29) is 11.6 Å². The fraction of sp³-hybridized carbons (Fsp3) is 0.130. The van der Waals surface area contributed by atoms with Crippen LogP contribution in [0.15, 0.2) is 65.5 Å². The van der Waals surface area contributed by atoms with Crippen molar-refractivity contribution >= 4 is 33.4 Å². The predicted octanol–water partition coefficient (Wildman–Crippen LogP) is 2.65. The number of carbonyl (C=O) groups excluding carboxylic acids is 2. The zero-order valence-corrected chi connectivity index (χ0v) is 16.9. The van der Waals surface area contributed by atoms with Crippen LogP contribution in [0.3, 0.4) is 0 Å². The van der Waals surface area contributed by atoms with Gasteiger partial charge in [-0.1, -0.05) is 42.5 Å². The van der Waals surface area contributed by atoms with Crippen LogP contribution in [0.2, 0.25) is 0 Å². The number of fused-ring (bicyclic) bond motifs is 2. The largest absolute Gasteiger partial charge is 0.497 e. The molecule has 3 N–H and O–H groups in total. The van der Waals surface area contributed by atoms with E-state index >= 15 is 0 Å². The van der Waals surface area contributed by atoms with E-state index in [1.807, 2.05) is 36.4 Å². The van der Waals surface area contributed by atoms with Gasteiger partial charge in [-0.25, -0.2) is 5.10 Å². The molecule has 0 spiro atoms. The average molecular weight is 416 g/mol. The molecule has 0 aliphatic heterocycles. The van der Waals surface area contributed by atoms with E-state index in [1.54, 1.807) is 38.3 Å². The van der Waals surface area contributed by atoms with Gasteiger partial charge in [-0.15, -0.1) is 0 Å². The second kappa shape index (κ2) is 8.27. The summed E-state index contributed by atoms with van der Waals surface area (Å²) >= 11 is 0. The fourth-order valence-electron chi connectivity index (χ4n) is 3.36. The number of amides is 2. The van der Waals surface area contributed by atoms with E-state index in [4.69, 9.17) is 4.74 Å². The minimum atomic E-state index is -0.626. The second-order valence-electron chi connectivity index (χ2n) is 7.08. The summed E-state index contributed by atoms with van der Waals surface area (Å²) in [5.74, 6) is -0.752. The van der Waals surface area contributed by atoms with Crippen molar-refractivity contribution in [3.8, 4) is 5.75 Å². The smallest absolute Gasteiger partial charge is 0.290 e. The third-order valence-corrected chi connectivity index (χ3v) is 5.18. The molecule has 4 aromatic rings. The van der Waals surface area contributed by atoms with Gasteiger partial charge in [0.15, 0.2) is 5.69 Å². The number of hydrogen-bond donors (Lipinski definition) is 3. The molecular weight excluding hydrogens is 396 g/mol. The third kappa shape index (κ3) is 3.95. The molecule has 0 unspecified atom stereocenters. The van der Waals surface area contributed by atoms with Crippen molar-refractivity contribution in [2.24, 2.45) is 0 Å². The molecule has 0 saturated heterocycles. The zero-order chi connectivity index (χ0) is 22.0. The van der Waals surface area contributed by atoms with Crippen LogP contribution in [0.4, 0.5) is 0 Å². The van der Waals surface area contributed by atoms with Crippen molar-refractivity contribution in [1.29, 1.82) is 0 Å². The number of nitrogens with one attached hydrogen (secondary N) is 3. The van der Waals surface area contributed by atoms with Gasteiger partial charge in [-0.2, -0.15) is 5.10 Å². The molecule has 0 aliphatic rings. The SMILES string of the molecule is COc1ccc2cc([C@H](C)C(=O)NNC(=O)c3n[nH]c(=O)c4ccccc34)ccc2c1. The maximum Gasteiger partial charge on any atom is 0.290 e. The Kier molecular flexibility index (Phi) is 5.36. The van der Waals surface area contributed by atoms with Crippen molar-refractivity contribution in [3.63, 3.8) is 0 Å². The Morgan fingerprint density at radius 1 is 0.968 bits per heavy atom. The topological polar surface area (TPSA) is 113 Å². The van der Waals surface area contributed by atoms with Gasteiger partial charge in [-0.3, -0.25) is 25.2 Å². The number of ether oxygens (including phenoxy) is 1. The van der Waals surface area contributed by atoms with E-state index in [2.05, 4.69) is 21.0 Å². The van der Waals surface area contributed by atoms with Gasteiger partial charge < -0.3 is 4.74 Å². The lowest BCUT2D eigenvalue weighted by atomic mass is 9.97. The molecule has 0 aliphatic carbocycles.